The van der Waals surface area contributed by atoms with Crippen LogP contribution in [0.25, 0.3) is 0 Å². The first-order valence-electron chi connectivity index (χ1n) is 4.54. The highest BCUT2D eigenvalue weighted by atomic mass is 79.9. The predicted molar refractivity (Wildman–Crippen MR) is 60.9 cm³/mol. The lowest BCUT2D eigenvalue weighted by Gasteiger charge is -2.05. The number of rotatable bonds is 2. The van der Waals surface area contributed by atoms with Crippen molar-refractivity contribution in [2.24, 2.45) is 0 Å². The molecule has 0 bridgehead atoms. The summed E-state index contributed by atoms with van der Waals surface area (Å²) >= 11 is 3.03. The second-order valence-corrected chi connectivity index (χ2v) is 3.85. The van der Waals surface area contributed by atoms with Gasteiger partial charge in [0.05, 0.1) is 4.47 Å². The van der Waals surface area contributed by atoms with Gasteiger partial charge in [-0.1, -0.05) is 0 Å². The highest BCUT2D eigenvalue weighted by Gasteiger charge is 2.08. The molecule has 1 heterocycles. The molecular weight excluding hydrogens is 289 g/mol. The molecule has 0 aliphatic heterocycles. The molecule has 0 fully saturated rings. The lowest BCUT2D eigenvalue weighted by Crippen LogP contribution is -1.94. The van der Waals surface area contributed by atoms with Crippen LogP contribution in [0, 0.1) is 17.1 Å². The summed E-state index contributed by atoms with van der Waals surface area (Å²) in [5.74, 6) is -0.149. The van der Waals surface area contributed by atoms with Gasteiger partial charge in [0.15, 0.2) is 0 Å². The number of aromatic nitrogens is 2. The summed E-state index contributed by atoms with van der Waals surface area (Å²) in [5.41, 5.74) is 0.0517. The summed E-state index contributed by atoms with van der Waals surface area (Å²) in [6, 6.07) is 6.10. The zero-order chi connectivity index (χ0) is 12.3. The van der Waals surface area contributed by atoms with Crippen LogP contribution in [0.3, 0.4) is 0 Å². The van der Waals surface area contributed by atoms with Crippen LogP contribution in [-0.4, -0.2) is 9.97 Å². The van der Waals surface area contributed by atoms with E-state index >= 15 is 0 Å². The molecule has 0 spiro atoms. The summed E-state index contributed by atoms with van der Waals surface area (Å²) < 4.78 is 18.9. The number of benzene rings is 1. The SMILES string of the molecule is N#Cc1nccnc1Oc1ccc(Br)c(F)c1. The number of hydrogen-bond donors (Lipinski definition) is 0. The molecule has 6 heteroatoms. The van der Waals surface area contributed by atoms with Crippen LogP contribution in [0.2, 0.25) is 0 Å². The third-order valence-corrected chi connectivity index (χ3v) is 2.52. The minimum Gasteiger partial charge on any atom is -0.436 e. The summed E-state index contributed by atoms with van der Waals surface area (Å²) in [4.78, 5) is 7.64. The van der Waals surface area contributed by atoms with E-state index in [2.05, 4.69) is 25.9 Å². The highest BCUT2D eigenvalue weighted by molar-refractivity contribution is 9.10. The molecule has 0 amide bonds. The molecule has 84 valence electrons. The maximum Gasteiger partial charge on any atom is 0.256 e. The van der Waals surface area contributed by atoms with Crippen molar-refractivity contribution in [2.75, 3.05) is 0 Å². The molecule has 1 aromatic heterocycles. The van der Waals surface area contributed by atoms with E-state index in [9.17, 15) is 4.39 Å². The number of nitriles is 1. The smallest absolute Gasteiger partial charge is 0.256 e. The van der Waals surface area contributed by atoms with Gasteiger partial charge in [-0.15, -0.1) is 0 Å². The molecule has 1 aromatic carbocycles. The van der Waals surface area contributed by atoms with Gasteiger partial charge < -0.3 is 4.74 Å². The zero-order valence-electron chi connectivity index (χ0n) is 8.39. The number of nitrogens with zero attached hydrogens (tertiary/aromatic N) is 3. The maximum absolute atomic E-state index is 13.2. The van der Waals surface area contributed by atoms with Gasteiger partial charge >= 0.3 is 0 Å². The minimum atomic E-state index is -0.454. The van der Waals surface area contributed by atoms with Crippen molar-refractivity contribution >= 4 is 15.9 Å². The van der Waals surface area contributed by atoms with Gasteiger partial charge in [0.2, 0.25) is 5.69 Å². The van der Waals surface area contributed by atoms with E-state index in [0.29, 0.717) is 4.47 Å². The van der Waals surface area contributed by atoms with E-state index in [4.69, 9.17) is 10.00 Å². The Kier molecular flexibility index (Phi) is 3.30. The lowest BCUT2D eigenvalue weighted by atomic mass is 10.3. The summed E-state index contributed by atoms with van der Waals surface area (Å²) in [6.45, 7) is 0. The topological polar surface area (TPSA) is 58.8 Å². The van der Waals surface area contributed by atoms with Crippen molar-refractivity contribution in [3.63, 3.8) is 0 Å². The molecule has 2 rings (SSSR count). The van der Waals surface area contributed by atoms with Crippen LogP contribution < -0.4 is 4.74 Å². The highest BCUT2D eigenvalue weighted by Crippen LogP contribution is 2.25. The first-order chi connectivity index (χ1) is 8.20. The third-order valence-electron chi connectivity index (χ3n) is 1.88. The average molecular weight is 294 g/mol. The molecule has 2 aromatic rings. The Bertz CT molecular complexity index is 598. The molecular formula is C11H5BrFN3O. The first-order valence-corrected chi connectivity index (χ1v) is 5.34. The van der Waals surface area contributed by atoms with E-state index in [1.165, 1.54) is 24.5 Å². The molecule has 4 nitrogen and oxygen atoms in total. The average Bonchev–Trinajstić information content (AvgIpc) is 2.34. The molecule has 0 unspecified atom stereocenters. The summed E-state index contributed by atoms with van der Waals surface area (Å²) in [5, 5.41) is 8.78. The molecule has 0 aliphatic carbocycles. The third kappa shape index (κ3) is 2.57. The van der Waals surface area contributed by atoms with Crippen LogP contribution in [0.1, 0.15) is 5.69 Å². The number of halogens is 2. The fraction of sp³-hybridized carbons (Fsp3) is 0. The molecule has 0 saturated carbocycles. The largest absolute Gasteiger partial charge is 0.436 e. The monoisotopic (exact) mass is 293 g/mol. The Morgan fingerprint density at radius 2 is 2.06 bits per heavy atom. The fourth-order valence-corrected chi connectivity index (χ4v) is 1.38. The van der Waals surface area contributed by atoms with Crippen LogP contribution in [-0.2, 0) is 0 Å². The Labute approximate surface area is 105 Å². The Hall–Kier alpha value is -2.00. The van der Waals surface area contributed by atoms with Crippen LogP contribution in [0.4, 0.5) is 4.39 Å². The van der Waals surface area contributed by atoms with Crippen molar-refractivity contribution < 1.29 is 9.13 Å². The normalized spacial score (nSPS) is 9.71. The van der Waals surface area contributed by atoms with Gasteiger partial charge in [-0.05, 0) is 28.1 Å². The van der Waals surface area contributed by atoms with E-state index < -0.39 is 5.82 Å². The van der Waals surface area contributed by atoms with Gasteiger partial charge in [-0.3, -0.25) is 0 Å². The standard InChI is InChI=1S/C11H5BrFN3O/c12-8-2-1-7(5-9(8)13)17-11-10(6-14)15-3-4-16-11/h1-5H. The van der Waals surface area contributed by atoms with Gasteiger partial charge in [-0.25, -0.2) is 14.4 Å². The Morgan fingerprint density at radius 1 is 1.29 bits per heavy atom. The molecule has 0 saturated heterocycles. The Balaban J connectivity index is 2.32. The molecule has 0 atom stereocenters. The molecule has 0 N–H and O–H groups in total. The minimum absolute atomic E-state index is 0.0517. The molecule has 17 heavy (non-hydrogen) atoms. The molecule has 0 aliphatic rings. The van der Waals surface area contributed by atoms with E-state index in [0.717, 1.165) is 0 Å². The quantitative estimate of drug-likeness (QED) is 0.854. The van der Waals surface area contributed by atoms with E-state index in [1.807, 2.05) is 6.07 Å². The van der Waals surface area contributed by atoms with Crippen LogP contribution in [0.15, 0.2) is 35.1 Å². The van der Waals surface area contributed by atoms with Crippen molar-refractivity contribution in [2.45, 2.75) is 0 Å². The predicted octanol–water partition coefficient (Wildman–Crippen LogP) is 3.04. The van der Waals surface area contributed by atoms with Crippen molar-refractivity contribution in [1.29, 1.82) is 5.26 Å². The van der Waals surface area contributed by atoms with Crippen molar-refractivity contribution in [3.05, 3.63) is 46.6 Å². The summed E-state index contributed by atoms with van der Waals surface area (Å²) in [6.07, 6.45) is 2.78. The summed E-state index contributed by atoms with van der Waals surface area (Å²) in [7, 11) is 0. The van der Waals surface area contributed by atoms with E-state index in [-0.39, 0.29) is 17.3 Å². The molecule has 0 radical (unpaired) electrons. The van der Waals surface area contributed by atoms with Gasteiger partial charge in [0.1, 0.15) is 17.6 Å². The number of ether oxygens (including phenoxy) is 1. The van der Waals surface area contributed by atoms with Gasteiger partial charge in [0, 0.05) is 18.5 Å². The first kappa shape index (κ1) is 11.5. The number of hydrogen-bond acceptors (Lipinski definition) is 4. The van der Waals surface area contributed by atoms with Crippen molar-refractivity contribution in [1.82, 2.24) is 9.97 Å². The fourth-order valence-electron chi connectivity index (χ4n) is 1.13. The van der Waals surface area contributed by atoms with Gasteiger partial charge in [-0.2, -0.15) is 5.26 Å². The van der Waals surface area contributed by atoms with E-state index in [1.54, 1.807) is 6.07 Å². The van der Waals surface area contributed by atoms with Crippen LogP contribution in [0.5, 0.6) is 11.6 Å². The Morgan fingerprint density at radius 3 is 2.76 bits per heavy atom. The lowest BCUT2D eigenvalue weighted by molar-refractivity contribution is 0.453. The maximum atomic E-state index is 13.2. The van der Waals surface area contributed by atoms with Gasteiger partial charge in [0.25, 0.3) is 5.88 Å². The van der Waals surface area contributed by atoms with Crippen molar-refractivity contribution in [3.8, 4) is 17.7 Å². The zero-order valence-corrected chi connectivity index (χ0v) is 9.98. The second kappa shape index (κ2) is 4.89. The van der Waals surface area contributed by atoms with Crippen LogP contribution >= 0.6 is 15.9 Å². The second-order valence-electron chi connectivity index (χ2n) is 3.00.